The lowest BCUT2D eigenvalue weighted by Crippen LogP contribution is -2.56. The fourth-order valence-electron chi connectivity index (χ4n) is 2.70. The van der Waals surface area contributed by atoms with Gasteiger partial charge in [-0.1, -0.05) is 12.1 Å². The molecule has 1 heterocycles. The van der Waals surface area contributed by atoms with Crippen LogP contribution in [0.3, 0.4) is 0 Å². The largest absolute Gasteiger partial charge is 0.367 e. The van der Waals surface area contributed by atoms with E-state index in [2.05, 4.69) is 10.2 Å². The Kier molecular flexibility index (Phi) is 5.06. The van der Waals surface area contributed by atoms with Gasteiger partial charge in [0, 0.05) is 31.7 Å². The molecular weight excluding hydrogens is 281 g/mol. The number of nitrogens with zero attached hydrogens (tertiary/aromatic N) is 2. The van der Waals surface area contributed by atoms with Gasteiger partial charge >= 0.3 is 0 Å². The quantitative estimate of drug-likeness (QED) is 0.930. The molecule has 1 aromatic rings. The van der Waals surface area contributed by atoms with E-state index in [0.29, 0.717) is 5.69 Å². The van der Waals surface area contributed by atoms with Gasteiger partial charge in [0.15, 0.2) is 0 Å². The van der Waals surface area contributed by atoms with Gasteiger partial charge in [-0.25, -0.2) is 4.39 Å². The molecule has 0 saturated carbocycles. The molecule has 1 atom stereocenters. The van der Waals surface area contributed by atoms with Gasteiger partial charge in [0.25, 0.3) is 0 Å². The van der Waals surface area contributed by atoms with Gasteiger partial charge < -0.3 is 10.2 Å². The number of piperazine rings is 1. The van der Waals surface area contributed by atoms with Crippen LogP contribution in [0.4, 0.5) is 10.1 Å². The first-order valence-corrected chi connectivity index (χ1v) is 7.83. The lowest BCUT2D eigenvalue weighted by atomic mass is 10.1. The summed E-state index contributed by atoms with van der Waals surface area (Å²) in [5.74, 6) is -0.138. The van der Waals surface area contributed by atoms with Gasteiger partial charge in [0.2, 0.25) is 5.91 Å². The number of rotatable bonds is 3. The summed E-state index contributed by atoms with van der Waals surface area (Å²) in [6.45, 7) is 10.8. The molecule has 1 amide bonds. The summed E-state index contributed by atoms with van der Waals surface area (Å²) in [5, 5.41) is 3.01. The molecule has 0 aromatic heterocycles. The van der Waals surface area contributed by atoms with E-state index >= 15 is 0 Å². The average Bonchev–Trinajstić information content (AvgIpc) is 2.45. The Morgan fingerprint density at radius 1 is 1.18 bits per heavy atom. The summed E-state index contributed by atoms with van der Waals surface area (Å²) in [6, 6.07) is 6.68. The molecule has 0 aliphatic carbocycles. The first kappa shape index (κ1) is 16.7. The molecule has 1 saturated heterocycles. The second kappa shape index (κ2) is 6.65. The Bertz CT molecular complexity index is 519. The van der Waals surface area contributed by atoms with E-state index in [4.69, 9.17) is 0 Å². The Hall–Kier alpha value is -1.62. The molecule has 1 N–H and O–H groups in total. The zero-order valence-electron chi connectivity index (χ0n) is 13.9. The van der Waals surface area contributed by atoms with E-state index in [9.17, 15) is 9.18 Å². The SMILES string of the molecule is CC(C(=O)NC(C)(C)C)N1CCN(c2ccccc2F)CC1. The molecule has 1 aliphatic rings. The molecule has 2 rings (SSSR count). The molecule has 0 bridgehead atoms. The number of hydrogen-bond acceptors (Lipinski definition) is 3. The number of nitrogens with one attached hydrogen (secondary N) is 1. The predicted octanol–water partition coefficient (Wildman–Crippen LogP) is 2.25. The fourth-order valence-corrected chi connectivity index (χ4v) is 2.70. The van der Waals surface area contributed by atoms with Gasteiger partial charge in [0.05, 0.1) is 11.7 Å². The molecule has 5 heteroatoms. The van der Waals surface area contributed by atoms with E-state index in [1.54, 1.807) is 12.1 Å². The number of carbonyl (C=O) groups excluding carboxylic acids is 1. The van der Waals surface area contributed by atoms with Gasteiger partial charge in [-0.15, -0.1) is 0 Å². The molecule has 1 aliphatic heterocycles. The summed E-state index contributed by atoms with van der Waals surface area (Å²) in [6.07, 6.45) is 0. The highest BCUT2D eigenvalue weighted by molar-refractivity contribution is 5.82. The monoisotopic (exact) mass is 307 g/mol. The summed E-state index contributed by atoms with van der Waals surface area (Å²) < 4.78 is 13.8. The smallest absolute Gasteiger partial charge is 0.237 e. The summed E-state index contributed by atoms with van der Waals surface area (Å²) in [5.41, 5.74) is 0.425. The number of anilines is 1. The molecule has 1 fully saturated rings. The van der Waals surface area contributed by atoms with E-state index in [0.717, 1.165) is 26.2 Å². The van der Waals surface area contributed by atoms with Crippen LogP contribution in [-0.4, -0.2) is 48.6 Å². The molecule has 1 unspecified atom stereocenters. The molecule has 122 valence electrons. The van der Waals surface area contributed by atoms with Crippen LogP contribution >= 0.6 is 0 Å². The van der Waals surface area contributed by atoms with Gasteiger partial charge in [-0.3, -0.25) is 9.69 Å². The maximum atomic E-state index is 13.8. The van der Waals surface area contributed by atoms with Crippen LogP contribution < -0.4 is 10.2 Å². The second-order valence-corrected chi connectivity index (χ2v) is 6.89. The van der Waals surface area contributed by atoms with E-state index in [1.807, 2.05) is 38.7 Å². The topological polar surface area (TPSA) is 35.6 Å². The molecule has 22 heavy (non-hydrogen) atoms. The Morgan fingerprint density at radius 3 is 2.32 bits per heavy atom. The number of halogens is 1. The minimum Gasteiger partial charge on any atom is -0.367 e. The maximum Gasteiger partial charge on any atom is 0.237 e. The fraction of sp³-hybridized carbons (Fsp3) is 0.588. The summed E-state index contributed by atoms with van der Waals surface area (Å²) in [4.78, 5) is 16.4. The van der Waals surface area contributed by atoms with E-state index in [-0.39, 0.29) is 23.3 Å². The number of para-hydroxylation sites is 1. The van der Waals surface area contributed by atoms with Crippen LogP contribution in [0.5, 0.6) is 0 Å². The molecule has 0 radical (unpaired) electrons. The van der Waals surface area contributed by atoms with Crippen molar-refractivity contribution in [1.82, 2.24) is 10.2 Å². The van der Waals surface area contributed by atoms with Crippen LogP contribution in [-0.2, 0) is 4.79 Å². The third kappa shape index (κ3) is 4.19. The van der Waals surface area contributed by atoms with Gasteiger partial charge in [-0.2, -0.15) is 0 Å². The lowest BCUT2D eigenvalue weighted by molar-refractivity contribution is -0.127. The Balaban J connectivity index is 1.92. The maximum absolute atomic E-state index is 13.8. The Morgan fingerprint density at radius 2 is 1.77 bits per heavy atom. The predicted molar refractivity (Wildman–Crippen MR) is 87.5 cm³/mol. The molecule has 0 spiro atoms. The van der Waals surface area contributed by atoms with Gasteiger partial charge in [-0.05, 0) is 39.8 Å². The highest BCUT2D eigenvalue weighted by atomic mass is 19.1. The standard InChI is InChI=1S/C17H26FN3O/c1-13(16(22)19-17(2,3)4)20-9-11-21(12-10-20)15-8-6-5-7-14(15)18/h5-8,13H,9-12H2,1-4H3,(H,19,22). The molecule has 1 aromatic carbocycles. The highest BCUT2D eigenvalue weighted by Gasteiger charge is 2.28. The van der Waals surface area contributed by atoms with Crippen molar-refractivity contribution in [1.29, 1.82) is 0 Å². The van der Waals surface area contributed by atoms with Crippen molar-refractivity contribution in [3.8, 4) is 0 Å². The lowest BCUT2D eigenvalue weighted by Gasteiger charge is -2.39. The van der Waals surface area contributed by atoms with Crippen molar-refractivity contribution in [2.24, 2.45) is 0 Å². The number of carbonyl (C=O) groups is 1. The summed E-state index contributed by atoms with van der Waals surface area (Å²) >= 11 is 0. The molecule has 4 nitrogen and oxygen atoms in total. The van der Waals surface area contributed by atoms with Crippen molar-refractivity contribution >= 4 is 11.6 Å². The average molecular weight is 307 g/mol. The third-order valence-electron chi connectivity index (χ3n) is 3.93. The minimum atomic E-state index is -0.222. The highest BCUT2D eigenvalue weighted by Crippen LogP contribution is 2.20. The van der Waals surface area contributed by atoms with E-state index in [1.165, 1.54) is 6.07 Å². The van der Waals surface area contributed by atoms with Crippen molar-refractivity contribution in [3.63, 3.8) is 0 Å². The normalized spacial score (nSPS) is 18.1. The van der Waals surface area contributed by atoms with Crippen molar-refractivity contribution in [3.05, 3.63) is 30.1 Å². The van der Waals surface area contributed by atoms with Crippen LogP contribution in [0.1, 0.15) is 27.7 Å². The molecular formula is C17H26FN3O. The van der Waals surface area contributed by atoms with Crippen LogP contribution in [0, 0.1) is 5.82 Å². The van der Waals surface area contributed by atoms with Crippen LogP contribution in [0.15, 0.2) is 24.3 Å². The van der Waals surface area contributed by atoms with Gasteiger partial charge in [0.1, 0.15) is 5.82 Å². The summed E-state index contributed by atoms with van der Waals surface area (Å²) in [7, 11) is 0. The zero-order valence-corrected chi connectivity index (χ0v) is 13.9. The minimum absolute atomic E-state index is 0.0480. The van der Waals surface area contributed by atoms with Crippen LogP contribution in [0.2, 0.25) is 0 Å². The van der Waals surface area contributed by atoms with Crippen molar-refractivity contribution < 1.29 is 9.18 Å². The number of hydrogen-bond donors (Lipinski definition) is 1. The first-order valence-electron chi connectivity index (χ1n) is 7.83. The second-order valence-electron chi connectivity index (χ2n) is 6.89. The first-order chi connectivity index (χ1) is 10.3. The third-order valence-corrected chi connectivity index (χ3v) is 3.93. The Labute approximate surface area is 132 Å². The number of benzene rings is 1. The zero-order chi connectivity index (χ0) is 16.3. The van der Waals surface area contributed by atoms with Crippen molar-refractivity contribution in [2.75, 3.05) is 31.1 Å². The van der Waals surface area contributed by atoms with Crippen molar-refractivity contribution in [2.45, 2.75) is 39.3 Å². The number of amides is 1. The van der Waals surface area contributed by atoms with Crippen LogP contribution in [0.25, 0.3) is 0 Å². The van der Waals surface area contributed by atoms with E-state index < -0.39 is 0 Å².